The van der Waals surface area contributed by atoms with Gasteiger partial charge >= 0.3 is 11.9 Å². The quantitative estimate of drug-likeness (QED) is 0.294. The van der Waals surface area contributed by atoms with Gasteiger partial charge in [0.15, 0.2) is 0 Å². The van der Waals surface area contributed by atoms with Crippen LogP contribution in [0.25, 0.3) is 0 Å². The van der Waals surface area contributed by atoms with E-state index in [0.717, 1.165) is 25.7 Å². The minimum Gasteiger partial charge on any atom is -0.481 e. The second kappa shape index (κ2) is 8.81. The average molecular weight is 223 g/mol. The van der Waals surface area contributed by atoms with Crippen LogP contribution in [-0.4, -0.2) is 29.5 Å². The van der Waals surface area contributed by atoms with Gasteiger partial charge < -0.3 is 9.84 Å². The van der Waals surface area contributed by atoms with Crippen molar-refractivity contribution >= 4 is 23.5 Å². The molecule has 1 N–H and O–H groups in total. The highest BCUT2D eigenvalue weighted by Gasteiger charge is 2.07. The van der Waals surface area contributed by atoms with Crippen LogP contribution in [0.1, 0.15) is 32.1 Å². The van der Waals surface area contributed by atoms with E-state index in [-0.39, 0.29) is 0 Å². The van der Waals surface area contributed by atoms with Gasteiger partial charge in [0, 0.05) is 5.88 Å². The first-order chi connectivity index (χ1) is 6.66. The lowest BCUT2D eigenvalue weighted by molar-refractivity contribution is -0.151. The Balaban J connectivity index is 3.19. The maximum Gasteiger partial charge on any atom is 0.317 e. The molecule has 14 heavy (non-hydrogen) atoms. The van der Waals surface area contributed by atoms with E-state index in [1.807, 2.05) is 0 Å². The lowest BCUT2D eigenvalue weighted by Crippen LogP contribution is -2.11. The number of unbranched alkanes of at least 4 members (excludes halogenated alkanes) is 3. The van der Waals surface area contributed by atoms with Gasteiger partial charge in [-0.25, -0.2) is 0 Å². The predicted octanol–water partition coefficient (Wildman–Crippen LogP) is 1.80. The van der Waals surface area contributed by atoms with Gasteiger partial charge in [0.05, 0.1) is 6.61 Å². The van der Waals surface area contributed by atoms with Crippen LogP contribution < -0.4 is 0 Å². The fraction of sp³-hybridized carbons (Fsp3) is 0.778. The molecule has 0 bridgehead atoms. The number of esters is 1. The normalized spacial score (nSPS) is 9.79. The largest absolute Gasteiger partial charge is 0.481 e. The summed E-state index contributed by atoms with van der Waals surface area (Å²) in [6, 6.07) is 0. The summed E-state index contributed by atoms with van der Waals surface area (Å²) in [5.74, 6) is -1.18. The molecular formula is C9H15ClO4. The third-order valence-electron chi connectivity index (χ3n) is 1.59. The Bertz CT molecular complexity index is 182. The molecule has 0 spiro atoms. The Morgan fingerprint density at radius 2 is 1.79 bits per heavy atom. The topological polar surface area (TPSA) is 63.6 Å². The number of halogens is 1. The van der Waals surface area contributed by atoms with Crippen molar-refractivity contribution in [2.24, 2.45) is 0 Å². The summed E-state index contributed by atoms with van der Waals surface area (Å²) in [5, 5.41) is 8.24. The van der Waals surface area contributed by atoms with Crippen molar-refractivity contribution in [3.8, 4) is 0 Å². The summed E-state index contributed by atoms with van der Waals surface area (Å²) in [6.45, 7) is 0.300. The zero-order valence-electron chi connectivity index (χ0n) is 8.00. The molecule has 0 aliphatic heterocycles. The minimum absolute atomic E-state index is 0.300. The van der Waals surface area contributed by atoms with E-state index in [1.54, 1.807) is 0 Å². The van der Waals surface area contributed by atoms with Crippen LogP contribution in [0.15, 0.2) is 0 Å². The Labute approximate surface area is 88.2 Å². The zero-order valence-corrected chi connectivity index (χ0v) is 8.76. The Hall–Kier alpha value is -0.770. The molecule has 0 atom stereocenters. The first-order valence-electron chi connectivity index (χ1n) is 4.60. The Kier molecular flexibility index (Phi) is 8.33. The first kappa shape index (κ1) is 13.2. The molecular weight excluding hydrogens is 208 g/mol. The van der Waals surface area contributed by atoms with E-state index in [9.17, 15) is 9.59 Å². The number of hydrogen-bond acceptors (Lipinski definition) is 3. The molecule has 0 saturated carbocycles. The van der Waals surface area contributed by atoms with Crippen LogP contribution in [0.5, 0.6) is 0 Å². The van der Waals surface area contributed by atoms with Crippen molar-refractivity contribution in [1.82, 2.24) is 0 Å². The van der Waals surface area contributed by atoms with E-state index >= 15 is 0 Å². The molecule has 0 aromatic heterocycles. The van der Waals surface area contributed by atoms with Crippen molar-refractivity contribution < 1.29 is 19.4 Å². The molecule has 0 aliphatic carbocycles. The van der Waals surface area contributed by atoms with Crippen LogP contribution >= 0.6 is 11.6 Å². The number of carboxylic acid groups (broad SMARTS) is 1. The monoisotopic (exact) mass is 222 g/mol. The van der Waals surface area contributed by atoms with E-state index < -0.39 is 18.4 Å². The fourth-order valence-corrected chi connectivity index (χ4v) is 1.10. The number of carbonyl (C=O) groups is 2. The second-order valence-corrected chi connectivity index (χ2v) is 3.27. The molecule has 0 amide bonds. The summed E-state index contributed by atoms with van der Waals surface area (Å²) in [5.41, 5.74) is 0. The van der Waals surface area contributed by atoms with E-state index in [0.29, 0.717) is 12.5 Å². The Morgan fingerprint density at radius 3 is 2.36 bits per heavy atom. The summed E-state index contributed by atoms with van der Waals surface area (Å²) in [6.07, 6.45) is 3.14. The molecule has 0 fully saturated rings. The van der Waals surface area contributed by atoms with Gasteiger partial charge in [0.25, 0.3) is 0 Å². The van der Waals surface area contributed by atoms with Crippen LogP contribution in [0.4, 0.5) is 0 Å². The van der Waals surface area contributed by atoms with Gasteiger partial charge in [-0.15, -0.1) is 11.6 Å². The maximum atomic E-state index is 10.7. The van der Waals surface area contributed by atoms with Gasteiger partial charge in [-0.1, -0.05) is 12.8 Å². The maximum absolute atomic E-state index is 10.7. The number of hydrogen-bond donors (Lipinski definition) is 1. The zero-order chi connectivity index (χ0) is 10.8. The smallest absolute Gasteiger partial charge is 0.317 e. The third-order valence-corrected chi connectivity index (χ3v) is 1.85. The van der Waals surface area contributed by atoms with Crippen LogP contribution in [0.3, 0.4) is 0 Å². The molecule has 0 aromatic carbocycles. The van der Waals surface area contributed by atoms with Gasteiger partial charge in [0.1, 0.15) is 6.42 Å². The van der Waals surface area contributed by atoms with Crippen molar-refractivity contribution in [2.45, 2.75) is 32.1 Å². The molecule has 0 saturated heterocycles. The SMILES string of the molecule is O=C(O)CC(=O)OCCCCCCCl. The first-order valence-corrected chi connectivity index (χ1v) is 5.13. The summed E-state index contributed by atoms with van der Waals surface area (Å²) < 4.78 is 4.68. The summed E-state index contributed by atoms with van der Waals surface area (Å²) >= 11 is 5.47. The molecule has 0 rings (SSSR count). The Morgan fingerprint density at radius 1 is 1.14 bits per heavy atom. The lowest BCUT2D eigenvalue weighted by atomic mass is 10.2. The van der Waals surface area contributed by atoms with Crippen molar-refractivity contribution in [3.63, 3.8) is 0 Å². The van der Waals surface area contributed by atoms with Crippen molar-refractivity contribution in [2.75, 3.05) is 12.5 Å². The van der Waals surface area contributed by atoms with Gasteiger partial charge in [-0.05, 0) is 12.8 Å². The van der Waals surface area contributed by atoms with E-state index in [2.05, 4.69) is 4.74 Å². The number of aliphatic carboxylic acids is 1. The highest BCUT2D eigenvalue weighted by molar-refractivity contribution is 6.17. The van der Waals surface area contributed by atoms with Crippen LogP contribution in [0, 0.1) is 0 Å². The highest BCUT2D eigenvalue weighted by Crippen LogP contribution is 2.01. The number of rotatable bonds is 8. The average Bonchev–Trinajstić information content (AvgIpc) is 2.10. The standard InChI is InChI=1S/C9H15ClO4/c10-5-3-1-2-4-6-14-9(13)7-8(11)12/h1-7H2,(H,11,12). The van der Waals surface area contributed by atoms with Crippen LogP contribution in [-0.2, 0) is 14.3 Å². The highest BCUT2D eigenvalue weighted by atomic mass is 35.5. The summed E-state index contributed by atoms with van der Waals surface area (Å²) in [7, 11) is 0. The number of ether oxygens (including phenoxy) is 1. The molecule has 0 heterocycles. The number of carboxylic acids is 1. The van der Waals surface area contributed by atoms with Gasteiger partial charge in [-0.2, -0.15) is 0 Å². The lowest BCUT2D eigenvalue weighted by Gasteiger charge is -2.02. The molecule has 0 radical (unpaired) electrons. The van der Waals surface area contributed by atoms with Gasteiger partial charge in [0.2, 0.25) is 0 Å². The third kappa shape index (κ3) is 9.32. The molecule has 4 nitrogen and oxygen atoms in total. The predicted molar refractivity (Wildman–Crippen MR) is 52.4 cm³/mol. The van der Waals surface area contributed by atoms with E-state index in [1.165, 1.54) is 0 Å². The second-order valence-electron chi connectivity index (χ2n) is 2.89. The van der Waals surface area contributed by atoms with Crippen molar-refractivity contribution in [1.29, 1.82) is 0 Å². The molecule has 0 aromatic rings. The van der Waals surface area contributed by atoms with E-state index in [4.69, 9.17) is 16.7 Å². The molecule has 0 aliphatic rings. The fourth-order valence-electron chi connectivity index (χ4n) is 0.911. The number of alkyl halides is 1. The number of carbonyl (C=O) groups excluding carboxylic acids is 1. The van der Waals surface area contributed by atoms with Crippen molar-refractivity contribution in [3.05, 3.63) is 0 Å². The molecule has 82 valence electrons. The molecule has 0 unspecified atom stereocenters. The minimum atomic E-state index is -1.16. The molecule has 5 heteroatoms. The summed E-state index contributed by atoms with van der Waals surface area (Å²) in [4.78, 5) is 20.8. The van der Waals surface area contributed by atoms with Crippen LogP contribution in [0.2, 0.25) is 0 Å². The van der Waals surface area contributed by atoms with Gasteiger partial charge in [-0.3, -0.25) is 9.59 Å².